The number of benzene rings is 1. The summed E-state index contributed by atoms with van der Waals surface area (Å²) in [6.45, 7) is 3.04. The number of guanidine groups is 1. The molecule has 4 atom stereocenters. The molecule has 0 amide bonds. The van der Waals surface area contributed by atoms with E-state index >= 15 is 0 Å². The fraction of sp³-hybridized carbons (Fsp3) is 0.524. The molecule has 26 heavy (non-hydrogen) atoms. The molecule has 3 aliphatic heterocycles. The molecular weight excluding hydrogens is 324 g/mol. The Hall–Kier alpha value is -2.14. The average molecular weight is 350 g/mol. The van der Waals surface area contributed by atoms with E-state index in [9.17, 15) is 0 Å². The number of hydrogen-bond acceptors (Lipinski definition) is 3. The van der Waals surface area contributed by atoms with Crippen LogP contribution in [-0.2, 0) is 11.2 Å². The Balaban J connectivity index is 1.22. The maximum atomic E-state index is 6.09. The number of pyridine rings is 1. The molecule has 1 aromatic carbocycles. The Morgan fingerprint density at radius 2 is 1.96 bits per heavy atom. The van der Waals surface area contributed by atoms with Crippen LogP contribution in [0.5, 0.6) is 0 Å². The first-order valence-corrected chi connectivity index (χ1v) is 9.77. The van der Waals surface area contributed by atoms with Crippen LogP contribution < -0.4 is 5.32 Å². The molecule has 2 bridgehead atoms. The third-order valence-corrected chi connectivity index (χ3v) is 6.36. The van der Waals surface area contributed by atoms with Crippen molar-refractivity contribution in [3.63, 3.8) is 0 Å². The zero-order chi connectivity index (χ0) is 17.5. The quantitative estimate of drug-likeness (QED) is 0.682. The average Bonchev–Trinajstić information content (AvgIpc) is 3.38. The van der Waals surface area contributed by atoms with E-state index in [0.717, 1.165) is 37.5 Å². The zero-order valence-electron chi connectivity index (χ0n) is 15.3. The van der Waals surface area contributed by atoms with E-state index < -0.39 is 0 Å². The highest BCUT2D eigenvalue weighted by Gasteiger charge is 2.53. The van der Waals surface area contributed by atoms with Crippen LogP contribution in [0.2, 0.25) is 0 Å². The molecule has 0 saturated carbocycles. The molecule has 1 N–H and O–H groups in total. The summed E-state index contributed by atoms with van der Waals surface area (Å²) in [5.41, 5.74) is 2.40. The lowest BCUT2D eigenvalue weighted by molar-refractivity contribution is 0.0767. The van der Waals surface area contributed by atoms with Crippen molar-refractivity contribution in [2.75, 3.05) is 26.7 Å². The van der Waals surface area contributed by atoms with Crippen LogP contribution in [0.3, 0.4) is 0 Å². The number of hydrogen-bond donors (Lipinski definition) is 1. The van der Waals surface area contributed by atoms with Crippen LogP contribution >= 0.6 is 0 Å². The number of aromatic nitrogens is 1. The van der Waals surface area contributed by atoms with Gasteiger partial charge < -0.3 is 15.0 Å². The van der Waals surface area contributed by atoms with Gasteiger partial charge in [0.1, 0.15) is 0 Å². The third-order valence-electron chi connectivity index (χ3n) is 6.36. The first-order chi connectivity index (χ1) is 12.8. The van der Waals surface area contributed by atoms with Crippen molar-refractivity contribution in [3.05, 3.63) is 42.1 Å². The number of fused-ring (bicyclic) bond motifs is 6. The van der Waals surface area contributed by atoms with Gasteiger partial charge in [-0.15, -0.1) is 0 Å². The predicted molar refractivity (Wildman–Crippen MR) is 103 cm³/mol. The smallest absolute Gasteiger partial charge is 0.193 e. The molecule has 3 fully saturated rings. The molecule has 2 aromatic rings. The first kappa shape index (κ1) is 16.1. The molecule has 3 saturated heterocycles. The Morgan fingerprint density at radius 3 is 2.73 bits per heavy atom. The monoisotopic (exact) mass is 350 g/mol. The van der Waals surface area contributed by atoms with E-state index in [-0.39, 0.29) is 0 Å². The number of aliphatic imine (C=N–C) groups is 1. The van der Waals surface area contributed by atoms with Gasteiger partial charge in [-0.05, 0) is 30.9 Å². The molecule has 4 heterocycles. The molecule has 5 nitrogen and oxygen atoms in total. The minimum atomic E-state index is 0.495. The molecule has 5 rings (SSSR count). The number of likely N-dealkylation sites (tertiary alicyclic amines) is 1. The van der Waals surface area contributed by atoms with Crippen molar-refractivity contribution >= 4 is 16.9 Å². The summed E-state index contributed by atoms with van der Waals surface area (Å²) < 4.78 is 6.09. The fourth-order valence-corrected chi connectivity index (χ4v) is 5.14. The van der Waals surface area contributed by atoms with Gasteiger partial charge in [-0.1, -0.05) is 24.3 Å². The molecule has 0 spiro atoms. The lowest BCUT2D eigenvalue weighted by Gasteiger charge is -2.23. The van der Waals surface area contributed by atoms with Crippen molar-refractivity contribution in [2.24, 2.45) is 16.8 Å². The lowest BCUT2D eigenvalue weighted by Crippen LogP contribution is -2.42. The summed E-state index contributed by atoms with van der Waals surface area (Å²) in [7, 11) is 1.89. The van der Waals surface area contributed by atoms with Gasteiger partial charge in [-0.25, -0.2) is 0 Å². The first-order valence-electron chi connectivity index (χ1n) is 9.77. The number of rotatable bonds is 3. The maximum absolute atomic E-state index is 6.09. The molecule has 5 heteroatoms. The number of ether oxygens (including phenoxy) is 1. The minimum absolute atomic E-state index is 0.495. The van der Waals surface area contributed by atoms with Gasteiger partial charge in [0, 0.05) is 50.1 Å². The van der Waals surface area contributed by atoms with Gasteiger partial charge in [0.15, 0.2) is 5.96 Å². The highest BCUT2D eigenvalue weighted by atomic mass is 16.5. The van der Waals surface area contributed by atoms with Crippen LogP contribution in [0.25, 0.3) is 10.9 Å². The topological polar surface area (TPSA) is 49.8 Å². The second kappa shape index (κ2) is 6.54. The highest BCUT2D eigenvalue weighted by molar-refractivity contribution is 5.82. The second-order valence-electron chi connectivity index (χ2n) is 7.74. The van der Waals surface area contributed by atoms with E-state index in [1.807, 2.05) is 19.3 Å². The van der Waals surface area contributed by atoms with Gasteiger partial charge in [-0.3, -0.25) is 9.98 Å². The fourth-order valence-electron chi connectivity index (χ4n) is 5.14. The van der Waals surface area contributed by atoms with Gasteiger partial charge in [0.2, 0.25) is 0 Å². The Morgan fingerprint density at radius 1 is 1.19 bits per heavy atom. The summed E-state index contributed by atoms with van der Waals surface area (Å²) in [6.07, 6.45) is 6.31. The number of nitrogens with one attached hydrogen (secondary N) is 1. The molecule has 0 radical (unpaired) electrons. The van der Waals surface area contributed by atoms with E-state index in [1.54, 1.807) is 0 Å². The normalized spacial score (nSPS) is 30.2. The molecular formula is C21H26N4O. The van der Waals surface area contributed by atoms with Crippen molar-refractivity contribution in [1.82, 2.24) is 15.2 Å². The molecule has 4 unspecified atom stereocenters. The summed E-state index contributed by atoms with van der Waals surface area (Å²) in [5, 5.41) is 4.78. The molecule has 136 valence electrons. The van der Waals surface area contributed by atoms with Crippen molar-refractivity contribution in [3.8, 4) is 0 Å². The Kier molecular flexibility index (Phi) is 4.04. The van der Waals surface area contributed by atoms with E-state index in [2.05, 4.69) is 44.5 Å². The number of nitrogens with zero attached hydrogens (tertiary/aromatic N) is 3. The van der Waals surface area contributed by atoms with Crippen molar-refractivity contribution in [1.29, 1.82) is 0 Å². The van der Waals surface area contributed by atoms with E-state index in [1.165, 1.54) is 23.8 Å². The molecule has 1 aromatic heterocycles. The highest BCUT2D eigenvalue weighted by Crippen LogP contribution is 2.47. The van der Waals surface area contributed by atoms with Crippen LogP contribution in [-0.4, -0.2) is 54.7 Å². The standard InChI is InChI=1S/C21H26N4O/c1-22-21(25-12-16-17(13-25)19-8-7-18(16)26-19)24-11-9-15-5-2-4-14-6-3-10-23-20(14)15/h2-6,10,16-19H,7-9,11-13H2,1H3,(H,22,24). The summed E-state index contributed by atoms with van der Waals surface area (Å²) in [6, 6.07) is 10.5. The van der Waals surface area contributed by atoms with Crippen LogP contribution in [0, 0.1) is 11.8 Å². The van der Waals surface area contributed by atoms with Crippen LogP contribution in [0.15, 0.2) is 41.5 Å². The number of para-hydroxylation sites is 1. The van der Waals surface area contributed by atoms with Crippen molar-refractivity contribution < 1.29 is 4.74 Å². The second-order valence-corrected chi connectivity index (χ2v) is 7.74. The zero-order valence-corrected chi connectivity index (χ0v) is 15.3. The van der Waals surface area contributed by atoms with Gasteiger partial charge in [0.25, 0.3) is 0 Å². The third kappa shape index (κ3) is 2.65. The maximum Gasteiger partial charge on any atom is 0.193 e. The Bertz CT molecular complexity index is 812. The summed E-state index contributed by atoms with van der Waals surface area (Å²) in [4.78, 5) is 11.5. The van der Waals surface area contributed by atoms with Crippen LogP contribution in [0.4, 0.5) is 0 Å². The summed E-state index contributed by atoms with van der Waals surface area (Å²) in [5.74, 6) is 2.44. The Labute approximate surface area is 154 Å². The van der Waals surface area contributed by atoms with Gasteiger partial charge in [-0.2, -0.15) is 0 Å². The van der Waals surface area contributed by atoms with E-state index in [4.69, 9.17) is 4.74 Å². The lowest BCUT2D eigenvalue weighted by atomic mass is 9.82. The summed E-state index contributed by atoms with van der Waals surface area (Å²) >= 11 is 0. The van der Waals surface area contributed by atoms with E-state index in [0.29, 0.717) is 24.0 Å². The van der Waals surface area contributed by atoms with Crippen LogP contribution in [0.1, 0.15) is 18.4 Å². The SMILES string of the molecule is CN=C(NCCc1cccc2cccnc12)N1CC2C3CCC(O3)C2C1. The minimum Gasteiger partial charge on any atom is -0.374 e. The van der Waals surface area contributed by atoms with Gasteiger partial charge in [0.05, 0.1) is 17.7 Å². The molecule has 3 aliphatic rings. The predicted octanol–water partition coefficient (Wildman–Crippen LogP) is 2.46. The molecule has 0 aliphatic carbocycles. The van der Waals surface area contributed by atoms with Gasteiger partial charge >= 0.3 is 0 Å². The van der Waals surface area contributed by atoms with Crippen molar-refractivity contribution in [2.45, 2.75) is 31.5 Å². The largest absolute Gasteiger partial charge is 0.374 e.